The van der Waals surface area contributed by atoms with Crippen molar-refractivity contribution in [3.8, 4) is 0 Å². The summed E-state index contributed by atoms with van der Waals surface area (Å²) in [6, 6.07) is 0. The number of amides is 1. The molecule has 0 atom stereocenters. The van der Waals surface area contributed by atoms with Gasteiger partial charge in [-0.15, -0.1) is 0 Å². The summed E-state index contributed by atoms with van der Waals surface area (Å²) >= 11 is 0. The standard InChI is InChI=1S/C8H8N4O2/c13-7-2-1-6(10-11-7)8(14)12-4-3-9-5-12/h3-5H,1-2H2,(H,11,13). The molecule has 1 aromatic rings. The van der Waals surface area contributed by atoms with Gasteiger partial charge in [0.2, 0.25) is 5.91 Å². The van der Waals surface area contributed by atoms with Crippen molar-refractivity contribution >= 4 is 17.5 Å². The second-order valence-electron chi connectivity index (χ2n) is 2.87. The van der Waals surface area contributed by atoms with Crippen LogP contribution in [0.2, 0.25) is 0 Å². The average molecular weight is 192 g/mol. The van der Waals surface area contributed by atoms with Crippen LogP contribution in [0, 0.1) is 0 Å². The molecule has 1 aromatic heterocycles. The molecule has 1 amide bonds. The Bertz CT molecular complexity index is 393. The normalized spacial score (nSPS) is 16.0. The Balaban J connectivity index is 2.17. The van der Waals surface area contributed by atoms with Gasteiger partial charge in [0, 0.05) is 25.2 Å². The summed E-state index contributed by atoms with van der Waals surface area (Å²) in [5, 5.41) is 3.69. The quantitative estimate of drug-likeness (QED) is 0.668. The molecule has 0 saturated heterocycles. The molecule has 6 heteroatoms. The van der Waals surface area contributed by atoms with Crippen LogP contribution >= 0.6 is 0 Å². The minimum atomic E-state index is -0.248. The molecule has 0 spiro atoms. The minimum Gasteiger partial charge on any atom is -0.273 e. The first-order chi connectivity index (χ1) is 6.77. The van der Waals surface area contributed by atoms with Gasteiger partial charge in [0.05, 0.1) is 0 Å². The maximum Gasteiger partial charge on any atom is 0.279 e. The lowest BCUT2D eigenvalue weighted by Gasteiger charge is -2.10. The summed E-state index contributed by atoms with van der Waals surface area (Å²) in [5.74, 6) is -0.408. The predicted molar refractivity (Wildman–Crippen MR) is 47.7 cm³/mol. The van der Waals surface area contributed by atoms with E-state index >= 15 is 0 Å². The highest BCUT2D eigenvalue weighted by Crippen LogP contribution is 2.02. The van der Waals surface area contributed by atoms with Crippen molar-refractivity contribution < 1.29 is 9.59 Å². The van der Waals surface area contributed by atoms with E-state index in [1.54, 1.807) is 6.20 Å². The van der Waals surface area contributed by atoms with Gasteiger partial charge in [-0.25, -0.2) is 10.4 Å². The molecule has 0 unspecified atom stereocenters. The van der Waals surface area contributed by atoms with E-state index in [0.29, 0.717) is 18.6 Å². The third kappa shape index (κ3) is 1.54. The van der Waals surface area contributed by atoms with Crippen molar-refractivity contribution in [1.29, 1.82) is 0 Å². The highest BCUT2D eigenvalue weighted by Gasteiger charge is 2.18. The van der Waals surface area contributed by atoms with Gasteiger partial charge in [-0.3, -0.25) is 14.2 Å². The van der Waals surface area contributed by atoms with Crippen LogP contribution in [-0.4, -0.2) is 27.1 Å². The van der Waals surface area contributed by atoms with Gasteiger partial charge in [-0.1, -0.05) is 0 Å². The van der Waals surface area contributed by atoms with E-state index in [1.165, 1.54) is 17.1 Å². The van der Waals surface area contributed by atoms with Crippen LogP contribution in [0.4, 0.5) is 0 Å². The second kappa shape index (κ2) is 3.41. The number of hydrogen-bond acceptors (Lipinski definition) is 4. The summed E-state index contributed by atoms with van der Waals surface area (Å²) in [5.41, 5.74) is 2.62. The van der Waals surface area contributed by atoms with E-state index in [9.17, 15) is 9.59 Å². The Morgan fingerprint density at radius 3 is 2.93 bits per heavy atom. The van der Waals surface area contributed by atoms with Gasteiger partial charge in [0.1, 0.15) is 12.0 Å². The average Bonchev–Trinajstić information content (AvgIpc) is 2.71. The van der Waals surface area contributed by atoms with Crippen LogP contribution < -0.4 is 5.43 Å². The van der Waals surface area contributed by atoms with E-state index in [-0.39, 0.29) is 11.8 Å². The fourth-order valence-electron chi connectivity index (χ4n) is 1.16. The Hall–Kier alpha value is -1.98. The van der Waals surface area contributed by atoms with Gasteiger partial charge < -0.3 is 0 Å². The Kier molecular flexibility index (Phi) is 2.10. The number of carbonyl (C=O) groups excluding carboxylic acids is 2. The fraction of sp³-hybridized carbons (Fsp3) is 0.250. The molecule has 0 saturated carbocycles. The largest absolute Gasteiger partial charge is 0.279 e. The molecule has 1 aliphatic rings. The Morgan fingerprint density at radius 1 is 1.50 bits per heavy atom. The van der Waals surface area contributed by atoms with Crippen molar-refractivity contribution in [2.75, 3.05) is 0 Å². The van der Waals surface area contributed by atoms with Crippen molar-refractivity contribution in [2.24, 2.45) is 5.10 Å². The van der Waals surface area contributed by atoms with Gasteiger partial charge in [0.15, 0.2) is 0 Å². The predicted octanol–water partition coefficient (Wildman–Crippen LogP) is -0.211. The molecule has 0 aromatic carbocycles. The maximum absolute atomic E-state index is 11.6. The molecule has 0 aliphatic carbocycles. The van der Waals surface area contributed by atoms with Crippen LogP contribution in [0.15, 0.2) is 23.8 Å². The number of hydrazone groups is 1. The lowest BCUT2D eigenvalue weighted by atomic mass is 10.1. The van der Waals surface area contributed by atoms with Gasteiger partial charge in [-0.2, -0.15) is 5.10 Å². The van der Waals surface area contributed by atoms with E-state index in [1.807, 2.05) is 0 Å². The highest BCUT2D eigenvalue weighted by molar-refractivity contribution is 6.40. The number of rotatable bonds is 1. The third-order valence-electron chi connectivity index (χ3n) is 1.89. The molecule has 0 radical (unpaired) electrons. The zero-order chi connectivity index (χ0) is 9.97. The number of imidazole rings is 1. The molecule has 1 aliphatic heterocycles. The number of carbonyl (C=O) groups is 2. The minimum absolute atomic E-state index is 0.160. The van der Waals surface area contributed by atoms with Gasteiger partial charge in [-0.05, 0) is 0 Å². The summed E-state index contributed by atoms with van der Waals surface area (Å²) in [7, 11) is 0. The molecule has 2 heterocycles. The van der Waals surface area contributed by atoms with Crippen LogP contribution in [0.25, 0.3) is 0 Å². The smallest absolute Gasteiger partial charge is 0.273 e. The SMILES string of the molecule is O=C1CCC(C(=O)n2ccnc2)=NN1. The third-order valence-corrected chi connectivity index (χ3v) is 1.89. The highest BCUT2D eigenvalue weighted by atomic mass is 16.2. The Labute approximate surface area is 79.6 Å². The zero-order valence-corrected chi connectivity index (χ0v) is 7.30. The summed E-state index contributed by atoms with van der Waals surface area (Å²) in [4.78, 5) is 26.1. The fourth-order valence-corrected chi connectivity index (χ4v) is 1.16. The molecule has 0 fully saturated rings. The van der Waals surface area contributed by atoms with Crippen LogP contribution in [0.5, 0.6) is 0 Å². The Morgan fingerprint density at radius 2 is 2.36 bits per heavy atom. The van der Waals surface area contributed by atoms with Crippen LogP contribution in [0.3, 0.4) is 0 Å². The van der Waals surface area contributed by atoms with Gasteiger partial charge >= 0.3 is 0 Å². The second-order valence-corrected chi connectivity index (χ2v) is 2.87. The van der Waals surface area contributed by atoms with E-state index in [0.717, 1.165) is 0 Å². The number of nitrogens with one attached hydrogen (secondary N) is 1. The van der Waals surface area contributed by atoms with E-state index in [2.05, 4.69) is 15.5 Å². The topological polar surface area (TPSA) is 76.3 Å². The van der Waals surface area contributed by atoms with Crippen molar-refractivity contribution in [2.45, 2.75) is 12.8 Å². The van der Waals surface area contributed by atoms with E-state index in [4.69, 9.17) is 0 Å². The van der Waals surface area contributed by atoms with Crippen molar-refractivity contribution in [1.82, 2.24) is 15.0 Å². The van der Waals surface area contributed by atoms with Crippen LogP contribution in [-0.2, 0) is 4.79 Å². The molecule has 2 rings (SSSR count). The van der Waals surface area contributed by atoms with Crippen molar-refractivity contribution in [3.63, 3.8) is 0 Å². The first-order valence-corrected chi connectivity index (χ1v) is 4.15. The molecule has 1 N–H and O–H groups in total. The monoisotopic (exact) mass is 192 g/mol. The van der Waals surface area contributed by atoms with Crippen molar-refractivity contribution in [3.05, 3.63) is 18.7 Å². The molecular formula is C8H8N4O2. The molecule has 6 nitrogen and oxygen atoms in total. The number of aromatic nitrogens is 2. The molecular weight excluding hydrogens is 184 g/mol. The summed E-state index contributed by atoms with van der Waals surface area (Å²) in [6.07, 6.45) is 5.14. The lowest BCUT2D eigenvalue weighted by Crippen LogP contribution is -2.31. The summed E-state index contributed by atoms with van der Waals surface area (Å²) < 4.78 is 1.33. The van der Waals surface area contributed by atoms with Gasteiger partial charge in [0.25, 0.3) is 5.91 Å². The molecule has 72 valence electrons. The van der Waals surface area contributed by atoms with E-state index < -0.39 is 0 Å². The first kappa shape index (κ1) is 8.61. The maximum atomic E-state index is 11.6. The zero-order valence-electron chi connectivity index (χ0n) is 7.30. The molecule has 14 heavy (non-hydrogen) atoms. The number of nitrogens with zero attached hydrogens (tertiary/aromatic N) is 3. The first-order valence-electron chi connectivity index (χ1n) is 4.15. The lowest BCUT2D eigenvalue weighted by molar-refractivity contribution is -0.121. The summed E-state index contributed by atoms with van der Waals surface area (Å²) in [6.45, 7) is 0. The molecule has 0 bridgehead atoms. The number of hydrogen-bond donors (Lipinski definition) is 1. The van der Waals surface area contributed by atoms with Crippen LogP contribution in [0.1, 0.15) is 17.6 Å².